The van der Waals surface area contributed by atoms with Crippen molar-refractivity contribution in [3.63, 3.8) is 0 Å². The summed E-state index contributed by atoms with van der Waals surface area (Å²) in [5.41, 5.74) is 8.24. The van der Waals surface area contributed by atoms with E-state index in [0.29, 0.717) is 0 Å². The first-order valence-corrected chi connectivity index (χ1v) is 5.80. The Balaban J connectivity index is 2.55. The van der Waals surface area contributed by atoms with E-state index in [1.54, 1.807) is 0 Å². The van der Waals surface area contributed by atoms with Gasteiger partial charge in [0.25, 0.3) is 0 Å². The molecule has 0 saturated carbocycles. The highest BCUT2D eigenvalue weighted by atomic mass is 15.1. The Bertz CT molecular complexity index is 262. The predicted octanol–water partition coefficient (Wildman–Crippen LogP) is 2.03. The lowest BCUT2D eigenvalue weighted by Crippen LogP contribution is -2.22. The van der Waals surface area contributed by atoms with Crippen molar-refractivity contribution in [2.24, 2.45) is 5.73 Å². The molecule has 0 aromatic heterocycles. The molecule has 1 aromatic carbocycles. The third-order valence-electron chi connectivity index (χ3n) is 2.76. The summed E-state index contributed by atoms with van der Waals surface area (Å²) in [7, 11) is 0. The van der Waals surface area contributed by atoms with Crippen molar-refractivity contribution in [3.05, 3.63) is 35.4 Å². The summed E-state index contributed by atoms with van der Waals surface area (Å²) >= 11 is 0. The van der Waals surface area contributed by atoms with E-state index in [1.165, 1.54) is 11.1 Å². The van der Waals surface area contributed by atoms with E-state index < -0.39 is 0 Å². The topological polar surface area (TPSA) is 29.3 Å². The van der Waals surface area contributed by atoms with Gasteiger partial charge in [0.1, 0.15) is 0 Å². The lowest BCUT2D eigenvalue weighted by Gasteiger charge is -2.18. The second kappa shape index (κ2) is 6.59. The molecular weight excluding hydrogens is 184 g/mol. The van der Waals surface area contributed by atoms with E-state index in [1.807, 2.05) is 0 Å². The van der Waals surface area contributed by atoms with Gasteiger partial charge >= 0.3 is 0 Å². The zero-order valence-electron chi connectivity index (χ0n) is 9.87. The van der Waals surface area contributed by atoms with Crippen molar-refractivity contribution in [3.8, 4) is 0 Å². The second-order valence-electron chi connectivity index (χ2n) is 3.82. The van der Waals surface area contributed by atoms with Crippen LogP contribution in [0.4, 0.5) is 0 Å². The highest BCUT2D eigenvalue weighted by Crippen LogP contribution is 2.07. The van der Waals surface area contributed by atoms with E-state index in [0.717, 1.165) is 32.6 Å². The average Bonchev–Trinajstić information content (AvgIpc) is 2.28. The molecule has 15 heavy (non-hydrogen) atoms. The van der Waals surface area contributed by atoms with Crippen LogP contribution in [-0.4, -0.2) is 24.5 Å². The molecule has 0 atom stereocenters. The summed E-state index contributed by atoms with van der Waals surface area (Å²) in [6, 6.07) is 8.80. The van der Waals surface area contributed by atoms with Gasteiger partial charge in [0.2, 0.25) is 0 Å². The van der Waals surface area contributed by atoms with E-state index in [4.69, 9.17) is 5.73 Å². The second-order valence-corrected chi connectivity index (χ2v) is 3.82. The Morgan fingerprint density at radius 2 is 1.53 bits per heavy atom. The fraction of sp³-hybridized carbons (Fsp3) is 0.538. The number of nitrogens with two attached hydrogens (primary N) is 1. The van der Waals surface area contributed by atoms with Crippen LogP contribution in [0.15, 0.2) is 24.3 Å². The van der Waals surface area contributed by atoms with Crippen molar-refractivity contribution >= 4 is 0 Å². The molecule has 0 spiro atoms. The molecule has 1 aromatic rings. The minimum atomic E-state index is 0.732. The maximum absolute atomic E-state index is 5.51. The van der Waals surface area contributed by atoms with E-state index >= 15 is 0 Å². The minimum absolute atomic E-state index is 0.732. The molecule has 0 aliphatic carbocycles. The quantitative estimate of drug-likeness (QED) is 0.771. The lowest BCUT2D eigenvalue weighted by atomic mass is 10.1. The van der Waals surface area contributed by atoms with Gasteiger partial charge in [-0.2, -0.15) is 0 Å². The molecule has 84 valence electrons. The van der Waals surface area contributed by atoms with Crippen LogP contribution < -0.4 is 5.73 Å². The van der Waals surface area contributed by atoms with Crippen LogP contribution in [0.1, 0.15) is 25.0 Å². The number of hydrogen-bond donors (Lipinski definition) is 1. The van der Waals surface area contributed by atoms with Crippen LogP contribution >= 0.6 is 0 Å². The smallest absolute Gasteiger partial charge is 0.0233 e. The monoisotopic (exact) mass is 206 g/mol. The third-order valence-corrected chi connectivity index (χ3v) is 2.76. The van der Waals surface area contributed by atoms with Crippen molar-refractivity contribution < 1.29 is 0 Å². The molecular formula is C13H22N2. The summed E-state index contributed by atoms with van der Waals surface area (Å²) in [6.45, 7) is 8.41. The molecule has 0 saturated heterocycles. The molecule has 0 amide bonds. The van der Waals surface area contributed by atoms with Gasteiger partial charge in [0.15, 0.2) is 0 Å². The van der Waals surface area contributed by atoms with Crippen LogP contribution in [-0.2, 0) is 13.0 Å². The highest BCUT2D eigenvalue weighted by molar-refractivity contribution is 5.22. The Labute approximate surface area is 93.1 Å². The van der Waals surface area contributed by atoms with Crippen molar-refractivity contribution in [1.29, 1.82) is 0 Å². The molecule has 1 rings (SSSR count). The Morgan fingerprint density at radius 1 is 1.00 bits per heavy atom. The van der Waals surface area contributed by atoms with Crippen LogP contribution in [0.25, 0.3) is 0 Å². The fourth-order valence-corrected chi connectivity index (χ4v) is 1.68. The molecule has 2 nitrogen and oxygen atoms in total. The van der Waals surface area contributed by atoms with Gasteiger partial charge in [0, 0.05) is 6.54 Å². The molecule has 2 N–H and O–H groups in total. The first kappa shape index (κ1) is 12.2. The molecule has 0 aliphatic rings. The predicted molar refractivity (Wildman–Crippen MR) is 65.8 cm³/mol. The summed E-state index contributed by atoms with van der Waals surface area (Å²) in [5, 5.41) is 0. The molecule has 0 bridgehead atoms. The summed E-state index contributed by atoms with van der Waals surface area (Å²) in [4.78, 5) is 2.41. The summed E-state index contributed by atoms with van der Waals surface area (Å²) in [5.74, 6) is 0. The van der Waals surface area contributed by atoms with Gasteiger partial charge in [-0.3, -0.25) is 4.90 Å². The van der Waals surface area contributed by atoms with Crippen LogP contribution in [0.3, 0.4) is 0 Å². The summed E-state index contributed by atoms with van der Waals surface area (Å²) < 4.78 is 0. The summed E-state index contributed by atoms with van der Waals surface area (Å²) in [6.07, 6.45) is 0.978. The number of benzene rings is 1. The number of hydrogen-bond acceptors (Lipinski definition) is 2. The van der Waals surface area contributed by atoms with E-state index in [9.17, 15) is 0 Å². The zero-order valence-corrected chi connectivity index (χ0v) is 9.87. The minimum Gasteiger partial charge on any atom is -0.330 e. The molecule has 2 heteroatoms. The van der Waals surface area contributed by atoms with Gasteiger partial charge in [-0.15, -0.1) is 0 Å². The van der Waals surface area contributed by atoms with Crippen molar-refractivity contribution in [1.82, 2.24) is 4.90 Å². The van der Waals surface area contributed by atoms with E-state index in [-0.39, 0.29) is 0 Å². The van der Waals surface area contributed by atoms with Crippen molar-refractivity contribution in [2.45, 2.75) is 26.8 Å². The first-order valence-electron chi connectivity index (χ1n) is 5.80. The standard InChI is InChI=1S/C13H22N2/c1-3-15(4-2)11-13-7-5-12(6-8-13)9-10-14/h5-8H,3-4,9-11,14H2,1-2H3. The SMILES string of the molecule is CCN(CC)Cc1ccc(CCN)cc1. The van der Waals surface area contributed by atoms with Crippen LogP contribution in [0, 0.1) is 0 Å². The first-order chi connectivity index (χ1) is 7.30. The normalized spacial score (nSPS) is 10.9. The maximum atomic E-state index is 5.51. The lowest BCUT2D eigenvalue weighted by molar-refractivity contribution is 0.296. The van der Waals surface area contributed by atoms with Gasteiger partial charge in [-0.05, 0) is 37.2 Å². The van der Waals surface area contributed by atoms with Gasteiger partial charge in [-0.1, -0.05) is 38.1 Å². The molecule has 0 heterocycles. The number of nitrogens with zero attached hydrogens (tertiary/aromatic N) is 1. The average molecular weight is 206 g/mol. The van der Waals surface area contributed by atoms with Crippen molar-refractivity contribution in [2.75, 3.05) is 19.6 Å². The van der Waals surface area contributed by atoms with Crippen LogP contribution in [0.5, 0.6) is 0 Å². The van der Waals surface area contributed by atoms with Gasteiger partial charge < -0.3 is 5.73 Å². The Hall–Kier alpha value is -0.860. The molecule has 0 fully saturated rings. The van der Waals surface area contributed by atoms with E-state index in [2.05, 4.69) is 43.0 Å². The molecule has 0 unspecified atom stereocenters. The Kier molecular flexibility index (Phi) is 5.37. The van der Waals surface area contributed by atoms with Crippen LogP contribution in [0.2, 0.25) is 0 Å². The molecule has 0 radical (unpaired) electrons. The third kappa shape index (κ3) is 4.02. The largest absolute Gasteiger partial charge is 0.330 e. The highest BCUT2D eigenvalue weighted by Gasteiger charge is 2.00. The number of rotatable bonds is 6. The van der Waals surface area contributed by atoms with Gasteiger partial charge in [-0.25, -0.2) is 0 Å². The Morgan fingerprint density at radius 3 is 2.00 bits per heavy atom. The maximum Gasteiger partial charge on any atom is 0.0233 e. The fourth-order valence-electron chi connectivity index (χ4n) is 1.68. The molecule has 0 aliphatic heterocycles. The van der Waals surface area contributed by atoms with Gasteiger partial charge in [0.05, 0.1) is 0 Å². The zero-order chi connectivity index (χ0) is 11.1.